The van der Waals surface area contributed by atoms with Gasteiger partial charge in [-0.15, -0.1) is 0 Å². The maximum atomic E-state index is 12.9. The van der Waals surface area contributed by atoms with Gasteiger partial charge in [-0.2, -0.15) is 8.78 Å². The van der Waals surface area contributed by atoms with Crippen LogP contribution in [-0.2, 0) is 0 Å². The molecule has 0 aromatic heterocycles. The van der Waals surface area contributed by atoms with E-state index in [1.807, 2.05) is 0 Å². The summed E-state index contributed by atoms with van der Waals surface area (Å²) in [5.74, 6) is -2.04. The van der Waals surface area contributed by atoms with Crippen LogP contribution in [0, 0.1) is 15.9 Å². The van der Waals surface area contributed by atoms with E-state index in [-0.39, 0.29) is 6.29 Å². The van der Waals surface area contributed by atoms with Crippen LogP contribution in [0.25, 0.3) is 0 Å². The number of nitrogens with zero attached hydrogens (tertiary/aromatic N) is 1. The summed E-state index contributed by atoms with van der Waals surface area (Å²) < 4.78 is 40.5. The molecule has 0 N–H and O–H groups in total. The van der Waals surface area contributed by atoms with Gasteiger partial charge < -0.3 is 4.74 Å². The van der Waals surface area contributed by atoms with Crippen molar-refractivity contribution < 1.29 is 27.6 Å². The number of halogens is 3. The van der Waals surface area contributed by atoms with Crippen LogP contribution in [0.2, 0.25) is 0 Å². The number of rotatable bonds is 4. The minimum Gasteiger partial charge on any atom is -0.427 e. The molecule has 86 valence electrons. The number of carbonyl (C=O) groups excluding carboxylic acids is 1. The number of nitro groups is 1. The molecule has 0 unspecified atom stereocenters. The van der Waals surface area contributed by atoms with Gasteiger partial charge in [0.05, 0.1) is 4.92 Å². The van der Waals surface area contributed by atoms with Crippen molar-refractivity contribution in [2.45, 2.75) is 6.61 Å². The number of carbonyl (C=O) groups is 1. The van der Waals surface area contributed by atoms with E-state index in [9.17, 15) is 28.1 Å². The molecule has 1 aromatic carbocycles. The molecule has 1 aromatic rings. The predicted molar refractivity (Wildman–Crippen MR) is 45.1 cm³/mol. The molecule has 0 amide bonds. The summed E-state index contributed by atoms with van der Waals surface area (Å²) in [7, 11) is 0. The number of aldehydes is 1. The Morgan fingerprint density at radius 3 is 2.50 bits per heavy atom. The average molecular weight is 235 g/mol. The highest BCUT2D eigenvalue weighted by Gasteiger charge is 2.26. The summed E-state index contributed by atoms with van der Waals surface area (Å²) in [6.07, 6.45) is -0.133. The molecule has 0 aliphatic carbocycles. The lowest BCUT2D eigenvalue weighted by Gasteiger charge is -2.06. The molecular weight excluding hydrogens is 231 g/mol. The lowest BCUT2D eigenvalue weighted by molar-refractivity contribution is -0.386. The Kier molecular flexibility index (Phi) is 3.44. The van der Waals surface area contributed by atoms with Gasteiger partial charge in [-0.3, -0.25) is 14.9 Å². The lowest BCUT2D eigenvalue weighted by Crippen LogP contribution is -2.07. The monoisotopic (exact) mass is 235 g/mol. The van der Waals surface area contributed by atoms with Gasteiger partial charge in [-0.1, -0.05) is 0 Å². The first-order valence-electron chi connectivity index (χ1n) is 3.84. The third-order valence-electron chi connectivity index (χ3n) is 1.64. The van der Waals surface area contributed by atoms with Gasteiger partial charge in [-0.25, -0.2) is 4.39 Å². The largest absolute Gasteiger partial charge is 0.427 e. The minimum atomic E-state index is -3.30. The van der Waals surface area contributed by atoms with Crippen LogP contribution in [-0.4, -0.2) is 17.8 Å². The van der Waals surface area contributed by atoms with Crippen LogP contribution >= 0.6 is 0 Å². The van der Waals surface area contributed by atoms with Crippen LogP contribution < -0.4 is 4.74 Å². The molecule has 16 heavy (non-hydrogen) atoms. The SMILES string of the molecule is O=Cc1c(F)ccc(OC(F)F)c1[N+](=O)[O-]. The third kappa shape index (κ3) is 2.27. The van der Waals surface area contributed by atoms with Crippen molar-refractivity contribution in [3.05, 3.63) is 33.6 Å². The second-order valence-corrected chi connectivity index (χ2v) is 2.56. The predicted octanol–water partition coefficient (Wildman–Crippen LogP) is 2.15. The summed E-state index contributed by atoms with van der Waals surface area (Å²) >= 11 is 0. The molecule has 0 saturated heterocycles. The first-order chi connectivity index (χ1) is 7.47. The van der Waals surface area contributed by atoms with E-state index < -0.39 is 34.4 Å². The molecule has 1 rings (SSSR count). The van der Waals surface area contributed by atoms with Crippen LogP contribution in [0.1, 0.15) is 10.4 Å². The molecule has 0 atom stereocenters. The van der Waals surface area contributed by atoms with Gasteiger partial charge in [0, 0.05) is 0 Å². The lowest BCUT2D eigenvalue weighted by atomic mass is 10.1. The Bertz CT molecular complexity index is 436. The molecule has 5 nitrogen and oxygen atoms in total. The first-order valence-corrected chi connectivity index (χ1v) is 3.84. The van der Waals surface area contributed by atoms with Crippen LogP contribution in [0.3, 0.4) is 0 Å². The number of ether oxygens (including phenoxy) is 1. The number of alkyl halides is 2. The Morgan fingerprint density at radius 2 is 2.06 bits per heavy atom. The molecule has 0 aliphatic rings. The molecular formula is C8H4F3NO4. The smallest absolute Gasteiger partial charge is 0.387 e. The van der Waals surface area contributed by atoms with Crippen molar-refractivity contribution in [2.24, 2.45) is 0 Å². The van der Waals surface area contributed by atoms with Crippen molar-refractivity contribution in [1.29, 1.82) is 0 Å². The Labute approximate surface area is 86.6 Å². The van der Waals surface area contributed by atoms with Crippen molar-refractivity contribution >= 4 is 12.0 Å². The number of hydrogen-bond acceptors (Lipinski definition) is 4. The molecule has 0 bridgehead atoms. The fraction of sp³-hybridized carbons (Fsp3) is 0.125. The molecule has 0 radical (unpaired) electrons. The molecule has 0 spiro atoms. The van der Waals surface area contributed by atoms with E-state index in [4.69, 9.17) is 0 Å². The normalized spacial score (nSPS) is 10.2. The van der Waals surface area contributed by atoms with E-state index >= 15 is 0 Å². The number of benzene rings is 1. The summed E-state index contributed by atoms with van der Waals surface area (Å²) in [6, 6.07) is 1.29. The van der Waals surface area contributed by atoms with E-state index in [2.05, 4.69) is 4.74 Å². The van der Waals surface area contributed by atoms with Crippen molar-refractivity contribution in [3.63, 3.8) is 0 Å². The van der Waals surface area contributed by atoms with E-state index in [1.54, 1.807) is 0 Å². The molecule has 0 heterocycles. The van der Waals surface area contributed by atoms with E-state index in [1.165, 1.54) is 0 Å². The van der Waals surface area contributed by atoms with Crippen molar-refractivity contribution in [3.8, 4) is 5.75 Å². The van der Waals surface area contributed by atoms with Gasteiger partial charge in [0.2, 0.25) is 5.75 Å². The Morgan fingerprint density at radius 1 is 1.44 bits per heavy atom. The zero-order valence-corrected chi connectivity index (χ0v) is 7.52. The Balaban J connectivity index is 3.38. The maximum Gasteiger partial charge on any atom is 0.387 e. The average Bonchev–Trinajstić information content (AvgIpc) is 2.18. The highest BCUT2D eigenvalue weighted by molar-refractivity contribution is 5.84. The summed E-state index contributed by atoms with van der Waals surface area (Å²) in [6.45, 7) is -3.30. The van der Waals surface area contributed by atoms with Gasteiger partial charge >= 0.3 is 12.3 Å². The van der Waals surface area contributed by atoms with Crippen molar-refractivity contribution in [1.82, 2.24) is 0 Å². The molecule has 0 fully saturated rings. The quantitative estimate of drug-likeness (QED) is 0.455. The van der Waals surface area contributed by atoms with Crippen LogP contribution in [0.4, 0.5) is 18.9 Å². The number of hydrogen-bond donors (Lipinski definition) is 0. The highest BCUT2D eigenvalue weighted by atomic mass is 19.3. The van der Waals surface area contributed by atoms with E-state index in [0.29, 0.717) is 12.1 Å². The Hall–Kier alpha value is -2.12. The molecule has 8 heteroatoms. The van der Waals surface area contributed by atoms with Crippen LogP contribution in [0.15, 0.2) is 12.1 Å². The second kappa shape index (κ2) is 4.60. The van der Waals surface area contributed by atoms with Gasteiger partial charge in [-0.05, 0) is 12.1 Å². The molecule has 0 saturated carbocycles. The van der Waals surface area contributed by atoms with Crippen molar-refractivity contribution in [2.75, 3.05) is 0 Å². The summed E-state index contributed by atoms with van der Waals surface area (Å²) in [5.41, 5.74) is -2.04. The van der Waals surface area contributed by atoms with Gasteiger partial charge in [0.1, 0.15) is 11.4 Å². The van der Waals surface area contributed by atoms with Crippen LogP contribution in [0.5, 0.6) is 5.75 Å². The summed E-state index contributed by atoms with van der Waals surface area (Å²) in [5, 5.41) is 10.5. The van der Waals surface area contributed by atoms with Gasteiger partial charge in [0.15, 0.2) is 6.29 Å². The minimum absolute atomic E-state index is 0.133. The van der Waals surface area contributed by atoms with E-state index in [0.717, 1.165) is 0 Å². The zero-order valence-electron chi connectivity index (χ0n) is 7.52. The standard InChI is InChI=1S/C8H4F3NO4/c9-5-1-2-6(16-8(10)11)7(12(14)15)4(5)3-13/h1-3,8H. The number of nitro benzene ring substituents is 1. The fourth-order valence-electron chi connectivity index (χ4n) is 1.05. The third-order valence-corrected chi connectivity index (χ3v) is 1.64. The first kappa shape index (κ1) is 12.0. The second-order valence-electron chi connectivity index (χ2n) is 2.56. The zero-order chi connectivity index (χ0) is 12.3. The maximum absolute atomic E-state index is 12.9. The topological polar surface area (TPSA) is 69.4 Å². The highest BCUT2D eigenvalue weighted by Crippen LogP contribution is 2.32. The summed E-state index contributed by atoms with van der Waals surface area (Å²) in [4.78, 5) is 19.7. The van der Waals surface area contributed by atoms with Gasteiger partial charge in [0.25, 0.3) is 0 Å². The fourth-order valence-corrected chi connectivity index (χ4v) is 1.05. The molecule has 0 aliphatic heterocycles.